The zero-order valence-electron chi connectivity index (χ0n) is 7.39. The average Bonchev–Trinajstić information content (AvgIpc) is 1.97. The van der Waals surface area contributed by atoms with Crippen LogP contribution in [0.4, 0.5) is 18.0 Å². The Balaban J connectivity index is 3.91. The number of likely N-dealkylation sites (N-methyl/N-ethyl adjacent to an activating group) is 1. The van der Waals surface area contributed by atoms with E-state index in [2.05, 4.69) is 0 Å². The second kappa shape index (κ2) is 4.68. The maximum Gasteiger partial charge on any atom is 0.405 e. The average molecular weight is 213 g/mol. The molecule has 0 saturated heterocycles. The van der Waals surface area contributed by atoms with E-state index >= 15 is 0 Å². The molecule has 0 aliphatic carbocycles. The molecule has 0 radical (unpaired) electrons. The van der Waals surface area contributed by atoms with Crippen molar-refractivity contribution in [2.45, 2.75) is 6.18 Å². The lowest BCUT2D eigenvalue weighted by molar-refractivity contribution is -0.123. The van der Waals surface area contributed by atoms with Gasteiger partial charge in [0.25, 0.3) is 0 Å². The summed E-state index contributed by atoms with van der Waals surface area (Å²) in [6.07, 6.45) is -4.47. The van der Waals surface area contributed by atoms with Gasteiger partial charge in [-0.3, -0.25) is 4.79 Å². The molecule has 0 spiro atoms. The molecule has 5 nitrogen and oxygen atoms in total. The van der Waals surface area contributed by atoms with E-state index in [0.717, 1.165) is 11.9 Å². The van der Waals surface area contributed by atoms with E-state index in [4.69, 9.17) is 5.73 Å². The number of nitrogens with zero attached hydrogens (tertiary/aromatic N) is 1. The second-order valence-corrected chi connectivity index (χ2v) is 2.60. The Morgan fingerprint density at radius 1 is 1.43 bits per heavy atom. The lowest BCUT2D eigenvalue weighted by atomic mass is 10.5. The molecule has 8 heteroatoms. The number of hydrogen-bond donors (Lipinski definition) is 2. The van der Waals surface area contributed by atoms with E-state index in [1.165, 1.54) is 0 Å². The lowest BCUT2D eigenvalue weighted by Crippen LogP contribution is -2.44. The molecule has 0 aromatic rings. The van der Waals surface area contributed by atoms with Crippen molar-refractivity contribution in [1.29, 1.82) is 0 Å². The van der Waals surface area contributed by atoms with Crippen LogP contribution in [0.15, 0.2) is 0 Å². The molecule has 0 aliphatic rings. The van der Waals surface area contributed by atoms with Gasteiger partial charge in [-0.25, -0.2) is 4.79 Å². The quantitative estimate of drug-likeness (QED) is 0.673. The summed E-state index contributed by atoms with van der Waals surface area (Å²) in [4.78, 5) is 21.9. The fourth-order valence-corrected chi connectivity index (χ4v) is 0.616. The third kappa shape index (κ3) is 6.09. The van der Waals surface area contributed by atoms with Gasteiger partial charge in [-0.2, -0.15) is 13.2 Å². The largest absolute Gasteiger partial charge is 0.405 e. The molecule has 0 aromatic heterocycles. The highest BCUT2D eigenvalue weighted by Crippen LogP contribution is 2.12. The molecule has 3 amide bonds. The van der Waals surface area contributed by atoms with Gasteiger partial charge >= 0.3 is 12.2 Å². The molecule has 0 bridgehead atoms. The molecular weight excluding hydrogens is 203 g/mol. The summed E-state index contributed by atoms with van der Waals surface area (Å²) in [6, 6.07) is -0.999. The van der Waals surface area contributed by atoms with Crippen molar-refractivity contribution in [2.75, 3.05) is 20.1 Å². The Kier molecular flexibility index (Phi) is 4.19. The lowest BCUT2D eigenvalue weighted by Gasteiger charge is -2.16. The molecule has 0 unspecified atom stereocenters. The van der Waals surface area contributed by atoms with Crippen LogP contribution in [0.1, 0.15) is 0 Å². The molecule has 3 N–H and O–H groups in total. The van der Waals surface area contributed by atoms with Crippen molar-refractivity contribution in [1.82, 2.24) is 10.2 Å². The molecule has 0 saturated carbocycles. The monoisotopic (exact) mass is 213 g/mol. The highest BCUT2D eigenvalue weighted by Gasteiger charge is 2.28. The number of hydrogen-bond acceptors (Lipinski definition) is 2. The van der Waals surface area contributed by atoms with Crippen LogP contribution in [0.2, 0.25) is 0 Å². The summed E-state index contributed by atoms with van der Waals surface area (Å²) in [5.41, 5.74) is 4.73. The number of carbonyl (C=O) groups is 2. The Labute approximate surface area is 78.0 Å². The van der Waals surface area contributed by atoms with Gasteiger partial charge in [-0.1, -0.05) is 0 Å². The molecule has 0 aliphatic heterocycles. The van der Waals surface area contributed by atoms with Crippen molar-refractivity contribution in [3.05, 3.63) is 0 Å². The Bertz CT molecular complexity index is 229. The van der Waals surface area contributed by atoms with E-state index in [1.54, 1.807) is 5.32 Å². The second-order valence-electron chi connectivity index (χ2n) is 2.60. The van der Waals surface area contributed by atoms with Crippen molar-refractivity contribution >= 4 is 11.9 Å². The summed E-state index contributed by atoms with van der Waals surface area (Å²) in [5, 5.41) is 1.58. The first-order valence-corrected chi connectivity index (χ1v) is 3.56. The van der Waals surface area contributed by atoms with Crippen LogP contribution in [0.5, 0.6) is 0 Å². The van der Waals surface area contributed by atoms with Crippen molar-refractivity contribution in [3.63, 3.8) is 0 Å². The first-order valence-electron chi connectivity index (χ1n) is 3.56. The normalized spacial score (nSPS) is 10.9. The third-order valence-electron chi connectivity index (χ3n) is 1.18. The van der Waals surface area contributed by atoms with E-state index in [9.17, 15) is 22.8 Å². The van der Waals surface area contributed by atoms with E-state index in [-0.39, 0.29) is 0 Å². The van der Waals surface area contributed by atoms with Crippen LogP contribution in [0.25, 0.3) is 0 Å². The van der Waals surface area contributed by atoms with E-state index in [0.29, 0.717) is 0 Å². The number of nitrogens with two attached hydrogens (primary N) is 1. The van der Waals surface area contributed by atoms with Crippen molar-refractivity contribution in [2.24, 2.45) is 5.73 Å². The summed E-state index contributed by atoms with van der Waals surface area (Å²) in [5.74, 6) is -0.797. The molecule has 0 heterocycles. The van der Waals surface area contributed by atoms with E-state index < -0.39 is 31.2 Å². The molecule has 0 fully saturated rings. The smallest absolute Gasteiger partial charge is 0.368 e. The van der Waals surface area contributed by atoms with Gasteiger partial charge in [-0.05, 0) is 0 Å². The Morgan fingerprint density at radius 2 is 1.93 bits per heavy atom. The fourth-order valence-electron chi connectivity index (χ4n) is 0.616. The molecule has 0 aromatic carbocycles. The van der Waals surface area contributed by atoms with Gasteiger partial charge in [0, 0.05) is 7.05 Å². The number of alkyl halides is 3. The van der Waals surface area contributed by atoms with Crippen molar-refractivity contribution in [3.8, 4) is 0 Å². The number of halogens is 3. The number of nitrogens with one attached hydrogen (secondary N) is 1. The zero-order chi connectivity index (χ0) is 11.4. The third-order valence-corrected chi connectivity index (χ3v) is 1.18. The molecule has 82 valence electrons. The van der Waals surface area contributed by atoms with Gasteiger partial charge in [0.2, 0.25) is 5.91 Å². The Morgan fingerprint density at radius 3 is 2.29 bits per heavy atom. The molecule has 0 rings (SSSR count). The van der Waals surface area contributed by atoms with Crippen LogP contribution < -0.4 is 11.1 Å². The van der Waals surface area contributed by atoms with Crippen LogP contribution >= 0.6 is 0 Å². The highest BCUT2D eigenvalue weighted by molar-refractivity contribution is 5.82. The molecule has 0 atom stereocenters. The first kappa shape index (κ1) is 12.5. The number of urea groups is 1. The van der Waals surface area contributed by atoms with Crippen LogP contribution in [-0.4, -0.2) is 43.2 Å². The predicted octanol–water partition coefficient (Wildman–Crippen LogP) is -0.325. The first-order chi connectivity index (χ1) is 6.22. The maximum atomic E-state index is 11.6. The minimum absolute atomic E-state index is 0.427. The van der Waals surface area contributed by atoms with Gasteiger partial charge in [-0.15, -0.1) is 0 Å². The standard InChI is InChI=1S/C6H10F3N3O2/c1-12(2-4(10)13)5(14)11-3-6(7,8)9/h2-3H2,1H3,(H2,10,13)(H,11,14). The van der Waals surface area contributed by atoms with Gasteiger partial charge in [0.15, 0.2) is 0 Å². The number of amides is 3. The fraction of sp³-hybridized carbons (Fsp3) is 0.667. The SMILES string of the molecule is CN(CC(N)=O)C(=O)NCC(F)(F)F. The minimum atomic E-state index is -4.47. The molecular formula is C6H10F3N3O2. The zero-order valence-corrected chi connectivity index (χ0v) is 7.39. The summed E-state index contributed by atoms with van der Waals surface area (Å²) >= 11 is 0. The number of carbonyl (C=O) groups excluding carboxylic acids is 2. The van der Waals surface area contributed by atoms with Crippen LogP contribution in [-0.2, 0) is 4.79 Å². The van der Waals surface area contributed by atoms with Crippen LogP contribution in [0, 0.1) is 0 Å². The van der Waals surface area contributed by atoms with E-state index in [1.807, 2.05) is 0 Å². The molecule has 14 heavy (non-hydrogen) atoms. The Hall–Kier alpha value is -1.47. The van der Waals surface area contributed by atoms with Crippen LogP contribution in [0.3, 0.4) is 0 Å². The van der Waals surface area contributed by atoms with Gasteiger partial charge in [0.1, 0.15) is 13.1 Å². The summed E-state index contributed by atoms with van der Waals surface area (Å²) in [6.45, 7) is -1.86. The van der Waals surface area contributed by atoms with Gasteiger partial charge in [0.05, 0.1) is 0 Å². The summed E-state index contributed by atoms with van der Waals surface area (Å²) < 4.78 is 34.9. The summed E-state index contributed by atoms with van der Waals surface area (Å²) in [7, 11) is 1.16. The number of primary amides is 1. The van der Waals surface area contributed by atoms with Crippen molar-refractivity contribution < 1.29 is 22.8 Å². The number of rotatable bonds is 3. The maximum absolute atomic E-state index is 11.6. The predicted molar refractivity (Wildman–Crippen MR) is 41.3 cm³/mol. The highest BCUT2D eigenvalue weighted by atomic mass is 19.4. The topological polar surface area (TPSA) is 75.4 Å². The van der Waals surface area contributed by atoms with Gasteiger partial charge < -0.3 is 16.0 Å². The minimum Gasteiger partial charge on any atom is -0.368 e.